The molecule has 140 valence electrons. The molecule has 1 aliphatic heterocycles. The molecule has 0 amide bonds. The van der Waals surface area contributed by atoms with Gasteiger partial charge in [0.2, 0.25) is 0 Å². The molecule has 2 N–H and O–H groups in total. The molecule has 0 saturated carbocycles. The van der Waals surface area contributed by atoms with Crippen molar-refractivity contribution in [2.45, 2.75) is 58.8 Å². The minimum Gasteiger partial charge on any atom is -0.423 e. The largest absolute Gasteiger partial charge is 0.491 e. The van der Waals surface area contributed by atoms with Gasteiger partial charge in [-0.1, -0.05) is 12.1 Å². The van der Waals surface area contributed by atoms with Crippen molar-refractivity contribution in [3.05, 3.63) is 24.3 Å². The Balaban J connectivity index is 1.98. The van der Waals surface area contributed by atoms with E-state index < -0.39 is 18.3 Å². The third kappa shape index (κ3) is 4.97. The van der Waals surface area contributed by atoms with Gasteiger partial charge in [0.1, 0.15) is 0 Å². The molecule has 1 aromatic rings. The van der Waals surface area contributed by atoms with E-state index in [4.69, 9.17) is 4.65 Å². The lowest BCUT2D eigenvalue weighted by molar-refractivity contribution is -0.0982. The number of nitrogens with zero attached hydrogens (tertiary/aromatic N) is 2. The molecule has 6 heteroatoms. The fourth-order valence-electron chi connectivity index (χ4n) is 2.84. The summed E-state index contributed by atoms with van der Waals surface area (Å²) in [6.45, 7) is 15.6. The van der Waals surface area contributed by atoms with Crippen LogP contribution in [0.4, 0.5) is 5.69 Å². The van der Waals surface area contributed by atoms with Crippen LogP contribution in [0.25, 0.3) is 0 Å². The topological polar surface area (TPSA) is 56.2 Å². The normalized spacial score (nSPS) is 17.2. The maximum Gasteiger partial charge on any atom is 0.491 e. The molecule has 25 heavy (non-hydrogen) atoms. The van der Waals surface area contributed by atoms with E-state index in [1.807, 2.05) is 24.3 Å². The third-order valence-electron chi connectivity index (χ3n) is 5.47. The van der Waals surface area contributed by atoms with Crippen molar-refractivity contribution in [1.29, 1.82) is 0 Å². The maximum atomic E-state index is 10.4. The average molecular weight is 348 g/mol. The highest BCUT2D eigenvalue weighted by atomic mass is 16.5. The average Bonchev–Trinajstić information content (AvgIpc) is 2.53. The van der Waals surface area contributed by atoms with Crippen molar-refractivity contribution >= 4 is 18.3 Å². The van der Waals surface area contributed by atoms with Gasteiger partial charge in [-0.3, -0.25) is 4.90 Å². The van der Waals surface area contributed by atoms with Crippen LogP contribution in [-0.2, 0) is 4.65 Å². The summed E-state index contributed by atoms with van der Waals surface area (Å²) in [5.74, 6) is 0. The lowest BCUT2D eigenvalue weighted by Gasteiger charge is -2.39. The van der Waals surface area contributed by atoms with Gasteiger partial charge < -0.3 is 19.7 Å². The summed E-state index contributed by atoms with van der Waals surface area (Å²) in [5.41, 5.74) is -0.0505. The third-order valence-corrected chi connectivity index (χ3v) is 5.47. The van der Waals surface area contributed by atoms with Crippen LogP contribution >= 0.6 is 0 Å². The quantitative estimate of drug-likeness (QED) is 0.763. The molecule has 5 nitrogen and oxygen atoms in total. The van der Waals surface area contributed by atoms with E-state index in [1.54, 1.807) is 27.7 Å². The Bertz CT molecular complexity index is 547. The van der Waals surface area contributed by atoms with Crippen molar-refractivity contribution < 1.29 is 14.8 Å². The van der Waals surface area contributed by atoms with Crippen LogP contribution < -0.4 is 10.4 Å². The molecule has 2 rings (SSSR count). The van der Waals surface area contributed by atoms with Crippen LogP contribution in [0.15, 0.2) is 24.3 Å². The first-order valence-electron chi connectivity index (χ1n) is 9.18. The summed E-state index contributed by atoms with van der Waals surface area (Å²) < 4.78 is 5.70. The number of hydrogen-bond acceptors (Lipinski definition) is 5. The van der Waals surface area contributed by atoms with Gasteiger partial charge in [0.15, 0.2) is 0 Å². The maximum absolute atomic E-state index is 10.4. The highest BCUT2D eigenvalue weighted by Gasteiger charge is 2.39. The molecule has 1 fully saturated rings. The minimum atomic E-state index is -1.06. The molecule has 1 aromatic carbocycles. The van der Waals surface area contributed by atoms with Gasteiger partial charge in [0, 0.05) is 37.9 Å². The van der Waals surface area contributed by atoms with E-state index in [0.29, 0.717) is 11.5 Å². The Morgan fingerprint density at radius 3 is 1.96 bits per heavy atom. The molecule has 0 atom stereocenters. The first-order valence-corrected chi connectivity index (χ1v) is 9.18. The van der Waals surface area contributed by atoms with Crippen LogP contribution in [0.5, 0.6) is 0 Å². The van der Waals surface area contributed by atoms with Crippen molar-refractivity contribution in [3.63, 3.8) is 0 Å². The van der Waals surface area contributed by atoms with Crippen molar-refractivity contribution in [2.24, 2.45) is 0 Å². The zero-order valence-corrected chi connectivity index (χ0v) is 16.5. The number of hydrogen-bond donors (Lipinski definition) is 2. The van der Waals surface area contributed by atoms with E-state index in [9.17, 15) is 10.1 Å². The molecular formula is C19H33BN2O3. The van der Waals surface area contributed by atoms with Gasteiger partial charge >= 0.3 is 7.12 Å². The van der Waals surface area contributed by atoms with Gasteiger partial charge in [0.05, 0.1) is 11.2 Å². The second-order valence-electron chi connectivity index (χ2n) is 8.25. The molecule has 1 heterocycles. The van der Waals surface area contributed by atoms with E-state index in [0.717, 1.165) is 26.2 Å². The Labute approximate surface area is 152 Å². The Kier molecular flexibility index (Phi) is 6.20. The summed E-state index contributed by atoms with van der Waals surface area (Å²) in [6.07, 6.45) is 0. The SMILES string of the molecule is CC(C)N1CCN(c2ccc(B(O)OC(C)(C)C(C)(C)O)cc2)CC1. The van der Waals surface area contributed by atoms with Crippen LogP contribution in [-0.4, -0.2) is 65.6 Å². The van der Waals surface area contributed by atoms with Crippen LogP contribution in [0, 0.1) is 0 Å². The summed E-state index contributed by atoms with van der Waals surface area (Å²) >= 11 is 0. The number of anilines is 1. The second-order valence-corrected chi connectivity index (χ2v) is 8.25. The highest BCUT2D eigenvalue weighted by molar-refractivity contribution is 6.60. The van der Waals surface area contributed by atoms with Crippen molar-refractivity contribution in [2.75, 3.05) is 31.1 Å². The summed E-state index contributed by atoms with van der Waals surface area (Å²) in [5, 5.41) is 20.5. The predicted molar refractivity (Wildman–Crippen MR) is 104 cm³/mol. The molecule has 0 aliphatic carbocycles. The molecule has 0 spiro atoms. The second kappa shape index (κ2) is 7.66. The van der Waals surface area contributed by atoms with Crippen molar-refractivity contribution in [3.8, 4) is 0 Å². The summed E-state index contributed by atoms with van der Waals surface area (Å²) in [6, 6.07) is 8.45. The Morgan fingerprint density at radius 2 is 1.52 bits per heavy atom. The van der Waals surface area contributed by atoms with Crippen LogP contribution in [0.1, 0.15) is 41.5 Å². The van der Waals surface area contributed by atoms with Gasteiger partial charge in [0.25, 0.3) is 0 Å². The molecule has 0 radical (unpaired) electrons. The van der Waals surface area contributed by atoms with E-state index >= 15 is 0 Å². The smallest absolute Gasteiger partial charge is 0.423 e. The van der Waals surface area contributed by atoms with E-state index in [1.165, 1.54) is 5.69 Å². The van der Waals surface area contributed by atoms with Gasteiger partial charge in [-0.05, 0) is 59.1 Å². The molecule has 1 aliphatic rings. The molecule has 0 bridgehead atoms. The monoisotopic (exact) mass is 348 g/mol. The fraction of sp³-hybridized carbons (Fsp3) is 0.684. The molecule has 1 saturated heterocycles. The molecule has 0 unspecified atom stereocenters. The fourth-order valence-corrected chi connectivity index (χ4v) is 2.84. The number of aliphatic hydroxyl groups is 1. The van der Waals surface area contributed by atoms with Crippen LogP contribution in [0.3, 0.4) is 0 Å². The molecular weight excluding hydrogens is 315 g/mol. The standard InChI is InChI=1S/C19H33BN2O3/c1-15(2)21-11-13-22(14-12-21)17-9-7-16(8-10-17)20(24)25-19(5,6)18(3,4)23/h7-10,15,23-24H,11-14H2,1-6H3. The zero-order chi connectivity index (χ0) is 18.8. The van der Waals surface area contributed by atoms with E-state index in [2.05, 4.69) is 23.6 Å². The Morgan fingerprint density at radius 1 is 1.00 bits per heavy atom. The first-order chi connectivity index (χ1) is 11.5. The van der Waals surface area contributed by atoms with E-state index in [-0.39, 0.29) is 0 Å². The summed E-state index contributed by atoms with van der Waals surface area (Å²) in [7, 11) is -1.06. The van der Waals surface area contributed by atoms with Crippen LogP contribution in [0.2, 0.25) is 0 Å². The molecule has 0 aromatic heterocycles. The Hall–Kier alpha value is -1.08. The zero-order valence-electron chi connectivity index (χ0n) is 16.5. The number of benzene rings is 1. The van der Waals surface area contributed by atoms with Gasteiger partial charge in [-0.2, -0.15) is 0 Å². The lowest BCUT2D eigenvalue weighted by Crippen LogP contribution is -2.53. The number of rotatable bonds is 6. The van der Waals surface area contributed by atoms with Crippen molar-refractivity contribution in [1.82, 2.24) is 4.90 Å². The van der Waals surface area contributed by atoms with Gasteiger partial charge in [-0.25, -0.2) is 0 Å². The first kappa shape index (κ1) is 20.2. The highest BCUT2D eigenvalue weighted by Crippen LogP contribution is 2.25. The number of piperazine rings is 1. The minimum absolute atomic E-state index is 0.593. The predicted octanol–water partition coefficient (Wildman–Crippen LogP) is 1.47. The summed E-state index contributed by atoms with van der Waals surface area (Å²) in [4.78, 5) is 4.86. The van der Waals surface area contributed by atoms with Gasteiger partial charge in [-0.15, -0.1) is 0 Å². The lowest BCUT2D eigenvalue weighted by atomic mass is 9.76.